The van der Waals surface area contributed by atoms with Crippen LogP contribution in [0, 0.1) is 0 Å². The maximum Gasteiger partial charge on any atom is 0.145 e. The SMILES string of the molecule is CCOC(C)N=C/C(C)=C(\C)N. The number of hydrogen-bond donors (Lipinski definition) is 1. The highest BCUT2D eigenvalue weighted by atomic mass is 16.5. The van der Waals surface area contributed by atoms with Crippen LogP contribution in [0.2, 0.25) is 0 Å². The van der Waals surface area contributed by atoms with Crippen LogP contribution in [0.1, 0.15) is 27.7 Å². The zero-order valence-corrected chi connectivity index (χ0v) is 8.29. The smallest absolute Gasteiger partial charge is 0.145 e. The van der Waals surface area contributed by atoms with Gasteiger partial charge in [0.25, 0.3) is 0 Å². The van der Waals surface area contributed by atoms with Crippen molar-refractivity contribution in [3.63, 3.8) is 0 Å². The van der Waals surface area contributed by atoms with Gasteiger partial charge in [0.1, 0.15) is 6.23 Å². The van der Waals surface area contributed by atoms with Crippen molar-refractivity contribution >= 4 is 6.21 Å². The van der Waals surface area contributed by atoms with Crippen LogP contribution in [0.4, 0.5) is 0 Å². The van der Waals surface area contributed by atoms with E-state index in [1.54, 1.807) is 6.21 Å². The van der Waals surface area contributed by atoms with Gasteiger partial charge in [0.2, 0.25) is 0 Å². The predicted molar refractivity (Wildman–Crippen MR) is 52.1 cm³/mol. The molecule has 0 aromatic heterocycles. The zero-order valence-electron chi connectivity index (χ0n) is 8.29. The first-order chi connectivity index (χ1) is 5.57. The lowest BCUT2D eigenvalue weighted by molar-refractivity contribution is 0.0835. The summed E-state index contributed by atoms with van der Waals surface area (Å²) < 4.78 is 5.21. The monoisotopic (exact) mass is 170 g/mol. The summed E-state index contributed by atoms with van der Waals surface area (Å²) >= 11 is 0. The quantitative estimate of drug-likeness (QED) is 0.653. The van der Waals surface area contributed by atoms with Crippen molar-refractivity contribution < 1.29 is 4.74 Å². The van der Waals surface area contributed by atoms with E-state index in [0.29, 0.717) is 6.61 Å². The summed E-state index contributed by atoms with van der Waals surface area (Å²) in [6, 6.07) is 0. The first-order valence-electron chi connectivity index (χ1n) is 4.15. The highest BCUT2D eigenvalue weighted by Gasteiger charge is 1.94. The Kier molecular flexibility index (Phi) is 5.37. The lowest BCUT2D eigenvalue weighted by Gasteiger charge is -2.04. The summed E-state index contributed by atoms with van der Waals surface area (Å²) in [5, 5.41) is 0. The van der Waals surface area contributed by atoms with E-state index in [0.717, 1.165) is 11.3 Å². The maximum atomic E-state index is 5.54. The highest BCUT2D eigenvalue weighted by Crippen LogP contribution is 1.96. The summed E-state index contributed by atoms with van der Waals surface area (Å²) in [6.45, 7) is 8.31. The Morgan fingerprint density at radius 3 is 2.58 bits per heavy atom. The molecule has 0 saturated heterocycles. The molecule has 0 aromatic carbocycles. The van der Waals surface area contributed by atoms with Gasteiger partial charge in [0.05, 0.1) is 0 Å². The van der Waals surface area contributed by atoms with Crippen molar-refractivity contribution in [3.05, 3.63) is 11.3 Å². The minimum Gasteiger partial charge on any atom is -0.402 e. The maximum absolute atomic E-state index is 5.54. The van der Waals surface area contributed by atoms with Gasteiger partial charge >= 0.3 is 0 Å². The van der Waals surface area contributed by atoms with Gasteiger partial charge in [-0.3, -0.25) is 4.99 Å². The average molecular weight is 170 g/mol. The lowest BCUT2D eigenvalue weighted by Crippen LogP contribution is -2.05. The molecule has 0 radical (unpaired) electrons. The average Bonchev–Trinajstić information content (AvgIpc) is 2.00. The third-order valence-electron chi connectivity index (χ3n) is 1.51. The third-order valence-corrected chi connectivity index (χ3v) is 1.51. The van der Waals surface area contributed by atoms with E-state index < -0.39 is 0 Å². The molecule has 0 aromatic rings. The first kappa shape index (κ1) is 11.2. The molecule has 0 aliphatic carbocycles. The fourth-order valence-corrected chi connectivity index (χ4v) is 0.603. The molecule has 0 saturated carbocycles. The second-order valence-electron chi connectivity index (χ2n) is 2.70. The normalized spacial score (nSPS) is 16.3. The number of ether oxygens (including phenoxy) is 1. The molecule has 0 heterocycles. The number of aliphatic imine (C=N–C) groups is 1. The summed E-state index contributed by atoms with van der Waals surface area (Å²) in [5.41, 5.74) is 7.33. The lowest BCUT2D eigenvalue weighted by atomic mass is 10.3. The van der Waals surface area contributed by atoms with Crippen molar-refractivity contribution in [2.75, 3.05) is 6.61 Å². The Morgan fingerprint density at radius 2 is 2.17 bits per heavy atom. The largest absolute Gasteiger partial charge is 0.402 e. The number of rotatable bonds is 4. The molecular formula is C9H18N2O. The Morgan fingerprint density at radius 1 is 1.58 bits per heavy atom. The predicted octanol–water partition coefficient (Wildman–Crippen LogP) is 1.69. The molecule has 0 aliphatic heterocycles. The van der Waals surface area contributed by atoms with E-state index in [2.05, 4.69) is 4.99 Å². The van der Waals surface area contributed by atoms with Crippen molar-refractivity contribution in [2.45, 2.75) is 33.9 Å². The minimum absolute atomic E-state index is 0.0794. The van der Waals surface area contributed by atoms with Gasteiger partial charge in [0.15, 0.2) is 0 Å². The van der Waals surface area contributed by atoms with Gasteiger partial charge in [-0.1, -0.05) is 0 Å². The van der Waals surface area contributed by atoms with Gasteiger partial charge in [-0.25, -0.2) is 0 Å². The molecule has 12 heavy (non-hydrogen) atoms. The van der Waals surface area contributed by atoms with Gasteiger partial charge in [0, 0.05) is 18.5 Å². The molecule has 3 nitrogen and oxygen atoms in total. The Balaban J connectivity index is 3.98. The van der Waals surface area contributed by atoms with Gasteiger partial charge < -0.3 is 10.5 Å². The van der Waals surface area contributed by atoms with Crippen LogP contribution in [-0.4, -0.2) is 19.0 Å². The van der Waals surface area contributed by atoms with Gasteiger partial charge in [-0.05, 0) is 33.3 Å². The van der Waals surface area contributed by atoms with E-state index in [9.17, 15) is 0 Å². The van der Waals surface area contributed by atoms with Crippen molar-refractivity contribution in [1.82, 2.24) is 0 Å². The number of nitrogens with two attached hydrogens (primary N) is 1. The Hall–Kier alpha value is -0.830. The van der Waals surface area contributed by atoms with Crippen molar-refractivity contribution in [1.29, 1.82) is 0 Å². The third kappa shape index (κ3) is 4.91. The van der Waals surface area contributed by atoms with Crippen LogP contribution >= 0.6 is 0 Å². The minimum atomic E-state index is -0.0794. The molecule has 0 fully saturated rings. The second kappa shape index (κ2) is 5.77. The topological polar surface area (TPSA) is 47.6 Å². The molecule has 0 amide bonds. The van der Waals surface area contributed by atoms with Crippen molar-refractivity contribution in [2.24, 2.45) is 10.7 Å². The summed E-state index contributed by atoms with van der Waals surface area (Å²) in [5.74, 6) is 0. The van der Waals surface area contributed by atoms with Gasteiger partial charge in [-0.2, -0.15) is 0 Å². The fraction of sp³-hybridized carbons (Fsp3) is 0.667. The van der Waals surface area contributed by atoms with Crippen LogP contribution in [-0.2, 0) is 4.74 Å². The molecular weight excluding hydrogens is 152 g/mol. The summed E-state index contributed by atoms with van der Waals surface area (Å²) in [7, 11) is 0. The summed E-state index contributed by atoms with van der Waals surface area (Å²) in [6.07, 6.45) is 1.67. The number of allylic oxidation sites excluding steroid dienone is 2. The van der Waals surface area contributed by atoms with Crippen LogP contribution in [0.3, 0.4) is 0 Å². The molecule has 3 heteroatoms. The van der Waals surface area contributed by atoms with Crippen LogP contribution in [0.25, 0.3) is 0 Å². The zero-order chi connectivity index (χ0) is 9.56. The van der Waals surface area contributed by atoms with E-state index in [1.165, 1.54) is 0 Å². The Labute approximate surface area is 74.3 Å². The van der Waals surface area contributed by atoms with Crippen LogP contribution < -0.4 is 5.73 Å². The number of hydrogen-bond acceptors (Lipinski definition) is 3. The Bertz CT molecular complexity index is 181. The van der Waals surface area contributed by atoms with E-state index in [4.69, 9.17) is 10.5 Å². The van der Waals surface area contributed by atoms with Crippen molar-refractivity contribution in [3.8, 4) is 0 Å². The highest BCUT2D eigenvalue weighted by molar-refractivity contribution is 5.78. The molecule has 0 spiro atoms. The van der Waals surface area contributed by atoms with E-state index in [1.807, 2.05) is 27.7 Å². The molecule has 0 rings (SSSR count). The second-order valence-corrected chi connectivity index (χ2v) is 2.70. The molecule has 0 bridgehead atoms. The summed E-state index contributed by atoms with van der Waals surface area (Å²) in [4.78, 5) is 4.15. The van der Waals surface area contributed by atoms with E-state index >= 15 is 0 Å². The number of nitrogens with zero attached hydrogens (tertiary/aromatic N) is 1. The fourth-order valence-electron chi connectivity index (χ4n) is 0.603. The molecule has 1 unspecified atom stereocenters. The van der Waals surface area contributed by atoms with Crippen LogP contribution in [0.5, 0.6) is 0 Å². The molecule has 0 aliphatic rings. The molecule has 1 atom stereocenters. The standard InChI is InChI=1S/C9H18N2O/c1-5-12-9(4)11-6-7(2)8(3)10/h6,9H,5,10H2,1-4H3/b8-7+,11-6?. The van der Waals surface area contributed by atoms with E-state index in [-0.39, 0.29) is 6.23 Å². The molecule has 70 valence electrons. The molecule has 2 N–H and O–H groups in total. The van der Waals surface area contributed by atoms with Crippen LogP contribution in [0.15, 0.2) is 16.3 Å². The van der Waals surface area contributed by atoms with Gasteiger partial charge in [-0.15, -0.1) is 0 Å². The first-order valence-corrected chi connectivity index (χ1v) is 4.15.